The molecule has 2 atom stereocenters. The fourth-order valence-corrected chi connectivity index (χ4v) is 6.49. The van der Waals surface area contributed by atoms with Crippen LogP contribution >= 0.6 is 7.82 Å². The Hall–Kier alpha value is -3.33. The second-order valence-electron chi connectivity index (χ2n) is 15.0. The highest BCUT2D eigenvalue weighted by atomic mass is 31.2. The molecule has 0 spiro atoms. The van der Waals surface area contributed by atoms with Crippen molar-refractivity contribution in [2.75, 3.05) is 26.4 Å². The van der Waals surface area contributed by atoms with Crippen LogP contribution in [-0.2, 0) is 27.9 Å². The zero-order valence-corrected chi connectivity index (χ0v) is 39.0. The maximum absolute atomic E-state index is 12.1. The fourth-order valence-electron chi connectivity index (χ4n) is 5.73. The Morgan fingerprint density at radius 3 is 1.46 bits per heavy atom. The van der Waals surface area contributed by atoms with Crippen molar-refractivity contribution < 1.29 is 37.9 Å². The second-order valence-corrected chi connectivity index (χ2v) is 16.5. The molecule has 0 aromatic carbocycles. The maximum atomic E-state index is 12.1. The predicted molar refractivity (Wildman–Crippen MR) is 256 cm³/mol. The number of ether oxygens (including phenoxy) is 1. The van der Waals surface area contributed by atoms with E-state index in [9.17, 15) is 24.2 Å². The smallest absolute Gasteiger partial charge is 0.463 e. The maximum Gasteiger partial charge on any atom is 0.472 e. The molecule has 0 radical (unpaired) electrons. The Balaban J connectivity index is 3.74. The summed E-state index contributed by atoms with van der Waals surface area (Å²) in [7, 11) is -4.45. The molecule has 0 bridgehead atoms. The molecule has 9 nitrogen and oxygen atoms in total. The van der Waals surface area contributed by atoms with Gasteiger partial charge in [0.15, 0.2) is 0 Å². The molecular formula is C51H84NO8P. The van der Waals surface area contributed by atoms with Crippen LogP contribution in [0.4, 0.5) is 0 Å². The highest BCUT2D eigenvalue weighted by Crippen LogP contribution is 2.42. The largest absolute Gasteiger partial charge is 0.472 e. The molecule has 0 saturated carbocycles. The minimum atomic E-state index is -4.45. The zero-order chi connectivity index (χ0) is 44.6. The van der Waals surface area contributed by atoms with Gasteiger partial charge in [-0.05, 0) is 83.5 Å². The first-order chi connectivity index (χ1) is 29.8. The molecule has 0 aromatic heterocycles. The van der Waals surface area contributed by atoms with Crippen LogP contribution in [0.25, 0.3) is 0 Å². The molecule has 0 aliphatic carbocycles. The molecule has 1 amide bonds. The summed E-state index contributed by atoms with van der Waals surface area (Å²) < 4.78 is 26.8. The topological polar surface area (TPSA) is 131 Å². The lowest BCUT2D eigenvalue weighted by Crippen LogP contribution is -2.27. The van der Waals surface area contributed by atoms with Crippen molar-refractivity contribution in [3.63, 3.8) is 0 Å². The number of unbranched alkanes of at least 4 members (excludes halogenated alkanes) is 12. The molecule has 0 aliphatic heterocycles. The first kappa shape index (κ1) is 57.7. The van der Waals surface area contributed by atoms with E-state index in [1.165, 1.54) is 70.6 Å². The minimum absolute atomic E-state index is 0.0419. The van der Waals surface area contributed by atoms with Gasteiger partial charge >= 0.3 is 13.8 Å². The summed E-state index contributed by atoms with van der Waals surface area (Å²) in [4.78, 5) is 33.9. The fraction of sp³-hybridized carbons (Fsp3) is 0.608. The number of carbonyl (C=O) groups is 2. The highest BCUT2D eigenvalue weighted by molar-refractivity contribution is 7.47. The number of nitrogens with one attached hydrogen (secondary N) is 1. The zero-order valence-electron chi connectivity index (χ0n) is 38.1. The van der Waals surface area contributed by atoms with Crippen LogP contribution in [0, 0.1) is 0 Å². The first-order valence-corrected chi connectivity index (χ1v) is 24.9. The van der Waals surface area contributed by atoms with Crippen LogP contribution in [0.15, 0.2) is 109 Å². The summed E-state index contributed by atoms with van der Waals surface area (Å²) in [5.74, 6) is -0.663. The van der Waals surface area contributed by atoms with E-state index in [-0.39, 0.29) is 32.1 Å². The van der Waals surface area contributed by atoms with Gasteiger partial charge in [-0.1, -0.05) is 181 Å². The standard InChI is InChI=1S/C51H84NO8P/c1-3-5-7-9-11-13-15-17-19-21-23-24-26-28-30-32-34-36-38-40-42-44-51(55)58-47-49(53)48-60-61(56,57)59-46-45-52-50(54)43-41-39-37-35-33-31-29-27-25-22-20-18-16-14-12-10-8-6-4-2/h5,7,11-14,17-20,23-24,28,30,34,36,40,42,49,53H,3-4,6,8-10,15-16,21-22,25-27,29,31-33,35,37-39,41,43-48H2,1-2H3,(H,52,54)(H,56,57)/b7-5-,13-11-,14-12-,19-17-,20-18-,24-23-,30-28-,36-34-,42-40-. The van der Waals surface area contributed by atoms with E-state index in [1.54, 1.807) is 6.08 Å². The number of aliphatic hydroxyl groups is 1. The molecule has 0 aliphatic rings. The van der Waals surface area contributed by atoms with Crippen LogP contribution < -0.4 is 5.32 Å². The normalized spacial score (nSPS) is 14.2. The van der Waals surface area contributed by atoms with Crippen molar-refractivity contribution in [1.82, 2.24) is 5.32 Å². The molecule has 61 heavy (non-hydrogen) atoms. The average Bonchev–Trinajstić information content (AvgIpc) is 3.25. The van der Waals surface area contributed by atoms with E-state index < -0.39 is 26.5 Å². The molecule has 0 rings (SSSR count). The van der Waals surface area contributed by atoms with Gasteiger partial charge in [0.1, 0.15) is 12.7 Å². The molecule has 2 unspecified atom stereocenters. The Bertz CT molecular complexity index is 1360. The highest BCUT2D eigenvalue weighted by Gasteiger charge is 2.23. The second kappa shape index (κ2) is 46.2. The molecule has 0 fully saturated rings. The minimum Gasteiger partial charge on any atom is -0.463 e. The van der Waals surface area contributed by atoms with Crippen LogP contribution in [0.1, 0.15) is 168 Å². The van der Waals surface area contributed by atoms with E-state index in [4.69, 9.17) is 13.8 Å². The summed E-state index contributed by atoms with van der Waals surface area (Å²) in [6.07, 6.45) is 61.9. The summed E-state index contributed by atoms with van der Waals surface area (Å²) in [5.41, 5.74) is 0. The SMILES string of the molecule is CC/C=C\C/C=C\C/C=C\C/C=C\C/C=C\C/C=C\C/C=C\CC(=O)OCC(O)COP(=O)(O)OCCNC(=O)CCCCCCCCCCC/C=C\C/C=C\CCCCC. The number of phosphoric ester groups is 1. The van der Waals surface area contributed by atoms with Crippen LogP contribution in [0.5, 0.6) is 0 Å². The lowest BCUT2D eigenvalue weighted by molar-refractivity contribution is -0.146. The van der Waals surface area contributed by atoms with Gasteiger partial charge in [0.05, 0.1) is 19.6 Å². The van der Waals surface area contributed by atoms with Crippen molar-refractivity contribution in [3.05, 3.63) is 109 Å². The van der Waals surface area contributed by atoms with Crippen LogP contribution in [0.3, 0.4) is 0 Å². The number of esters is 1. The average molecular weight is 870 g/mol. The monoisotopic (exact) mass is 870 g/mol. The number of aliphatic hydroxyl groups excluding tert-OH is 1. The summed E-state index contributed by atoms with van der Waals surface area (Å²) in [6.45, 7) is 3.28. The predicted octanol–water partition coefficient (Wildman–Crippen LogP) is 13.5. The van der Waals surface area contributed by atoms with Crippen molar-refractivity contribution in [3.8, 4) is 0 Å². The van der Waals surface area contributed by atoms with Gasteiger partial charge in [-0.3, -0.25) is 18.6 Å². The van der Waals surface area contributed by atoms with Gasteiger partial charge < -0.3 is 20.1 Å². The number of amides is 1. The third-order valence-electron chi connectivity index (χ3n) is 9.22. The van der Waals surface area contributed by atoms with Gasteiger partial charge in [-0.2, -0.15) is 0 Å². The van der Waals surface area contributed by atoms with Gasteiger partial charge in [0.25, 0.3) is 0 Å². The lowest BCUT2D eigenvalue weighted by atomic mass is 10.1. The molecular weight excluding hydrogens is 786 g/mol. The van der Waals surface area contributed by atoms with Gasteiger partial charge in [0.2, 0.25) is 5.91 Å². The summed E-state index contributed by atoms with van der Waals surface area (Å²) in [6, 6.07) is 0. The van der Waals surface area contributed by atoms with Crippen LogP contribution in [-0.4, -0.2) is 54.3 Å². The number of phosphoric acid groups is 1. The Morgan fingerprint density at radius 2 is 0.967 bits per heavy atom. The van der Waals surface area contributed by atoms with Gasteiger partial charge in [-0.15, -0.1) is 0 Å². The lowest BCUT2D eigenvalue weighted by Gasteiger charge is -2.15. The van der Waals surface area contributed by atoms with E-state index in [1.807, 2.05) is 12.2 Å². The number of hydrogen-bond donors (Lipinski definition) is 3. The van der Waals surface area contributed by atoms with Crippen molar-refractivity contribution >= 4 is 19.7 Å². The molecule has 10 heteroatoms. The molecule has 3 N–H and O–H groups in total. The molecule has 0 heterocycles. The quantitative estimate of drug-likeness (QED) is 0.0239. The number of hydrogen-bond acceptors (Lipinski definition) is 7. The van der Waals surface area contributed by atoms with Crippen molar-refractivity contribution in [2.45, 2.75) is 174 Å². The van der Waals surface area contributed by atoms with Crippen LogP contribution in [0.2, 0.25) is 0 Å². The first-order valence-electron chi connectivity index (χ1n) is 23.4. The van der Waals surface area contributed by atoms with E-state index in [2.05, 4.69) is 110 Å². The molecule has 0 aromatic rings. The van der Waals surface area contributed by atoms with Crippen molar-refractivity contribution in [1.29, 1.82) is 0 Å². The van der Waals surface area contributed by atoms with E-state index in [0.29, 0.717) is 12.8 Å². The number of carbonyl (C=O) groups excluding carboxylic acids is 2. The van der Waals surface area contributed by atoms with Gasteiger partial charge in [-0.25, -0.2) is 4.57 Å². The van der Waals surface area contributed by atoms with Crippen molar-refractivity contribution in [2.24, 2.45) is 0 Å². The Kier molecular flexibility index (Phi) is 43.7. The van der Waals surface area contributed by atoms with Gasteiger partial charge in [0, 0.05) is 13.0 Å². The summed E-state index contributed by atoms with van der Waals surface area (Å²) in [5, 5.41) is 12.7. The van der Waals surface area contributed by atoms with E-state index in [0.717, 1.165) is 64.2 Å². The molecule has 346 valence electrons. The molecule has 0 saturated heterocycles. The third-order valence-corrected chi connectivity index (χ3v) is 10.2. The Labute approximate surface area is 371 Å². The third kappa shape index (κ3) is 47.6. The summed E-state index contributed by atoms with van der Waals surface area (Å²) >= 11 is 0. The Morgan fingerprint density at radius 1 is 0.541 bits per heavy atom. The number of rotatable bonds is 42. The number of allylic oxidation sites excluding steroid dienone is 17. The van der Waals surface area contributed by atoms with E-state index >= 15 is 0 Å².